The van der Waals surface area contributed by atoms with Crippen LogP contribution >= 0.6 is 0 Å². The Kier molecular flexibility index (Phi) is 6.15. The highest BCUT2D eigenvalue weighted by Gasteiger charge is 2.28. The number of carbonyl (C=O) groups excluding carboxylic acids is 1. The van der Waals surface area contributed by atoms with E-state index in [1.165, 1.54) is 22.0 Å². The van der Waals surface area contributed by atoms with Gasteiger partial charge >= 0.3 is 0 Å². The van der Waals surface area contributed by atoms with Gasteiger partial charge in [0.1, 0.15) is 0 Å². The zero-order valence-electron chi connectivity index (χ0n) is 15.7. The Bertz CT molecular complexity index is 776. The van der Waals surface area contributed by atoms with Crippen LogP contribution in [0.3, 0.4) is 0 Å². The summed E-state index contributed by atoms with van der Waals surface area (Å²) in [7, 11) is 0. The molecule has 4 N–H and O–H groups in total. The van der Waals surface area contributed by atoms with E-state index in [9.17, 15) is 4.79 Å². The summed E-state index contributed by atoms with van der Waals surface area (Å²) in [5.41, 5.74) is 3.77. The second-order valence-corrected chi connectivity index (χ2v) is 6.81. The third-order valence-corrected chi connectivity index (χ3v) is 4.67. The Morgan fingerprint density at radius 3 is 2.81 bits per heavy atom. The largest absolute Gasteiger partial charge is 0.361 e. The predicted molar refractivity (Wildman–Crippen MR) is 106 cm³/mol. The van der Waals surface area contributed by atoms with Gasteiger partial charge in [0.2, 0.25) is 5.91 Å². The molecule has 0 radical (unpaired) electrons. The first-order valence-electron chi connectivity index (χ1n) is 9.54. The van der Waals surface area contributed by atoms with Gasteiger partial charge in [0, 0.05) is 49.2 Å². The van der Waals surface area contributed by atoms with E-state index >= 15 is 0 Å². The molecule has 26 heavy (non-hydrogen) atoms. The zero-order valence-corrected chi connectivity index (χ0v) is 15.7. The number of aromatic nitrogens is 1. The molecule has 1 aliphatic carbocycles. The zero-order chi connectivity index (χ0) is 18.4. The van der Waals surface area contributed by atoms with Crippen molar-refractivity contribution >= 4 is 22.8 Å². The molecule has 3 rings (SSSR count). The van der Waals surface area contributed by atoms with E-state index in [2.05, 4.69) is 64.2 Å². The molecule has 2 aromatic rings. The summed E-state index contributed by atoms with van der Waals surface area (Å²) in [6, 6.07) is 6.37. The lowest BCUT2D eigenvalue weighted by Gasteiger charge is -2.11. The number of aliphatic imine (C=N–C) groups is 1. The second kappa shape index (κ2) is 8.74. The first-order valence-corrected chi connectivity index (χ1v) is 9.54. The first kappa shape index (κ1) is 18.3. The minimum atomic E-state index is 0.184. The Balaban J connectivity index is 1.48. The van der Waals surface area contributed by atoms with Crippen molar-refractivity contribution in [1.82, 2.24) is 20.9 Å². The lowest BCUT2D eigenvalue weighted by molar-refractivity contribution is -0.122. The van der Waals surface area contributed by atoms with Crippen LogP contribution in [-0.4, -0.2) is 43.0 Å². The van der Waals surface area contributed by atoms with Crippen molar-refractivity contribution in [3.05, 3.63) is 35.5 Å². The van der Waals surface area contributed by atoms with E-state index in [0.29, 0.717) is 19.6 Å². The molecular formula is C20H29N5O. The maximum Gasteiger partial charge on any atom is 0.223 e. The average Bonchev–Trinajstić information content (AvgIpc) is 3.40. The van der Waals surface area contributed by atoms with E-state index in [-0.39, 0.29) is 11.8 Å². The molecule has 0 atom stereocenters. The molecule has 1 aromatic heterocycles. The fourth-order valence-electron chi connectivity index (χ4n) is 3.06. The molecule has 1 amide bonds. The number of para-hydroxylation sites is 1. The van der Waals surface area contributed by atoms with Crippen LogP contribution in [0.4, 0.5) is 0 Å². The van der Waals surface area contributed by atoms with Crippen LogP contribution < -0.4 is 16.0 Å². The van der Waals surface area contributed by atoms with Gasteiger partial charge in [-0.1, -0.05) is 18.2 Å². The van der Waals surface area contributed by atoms with Crippen LogP contribution in [-0.2, 0) is 11.2 Å². The molecule has 0 saturated heterocycles. The van der Waals surface area contributed by atoms with Crippen molar-refractivity contribution in [2.45, 2.75) is 33.1 Å². The number of nitrogens with one attached hydrogen (secondary N) is 4. The second-order valence-electron chi connectivity index (χ2n) is 6.81. The molecule has 140 valence electrons. The topological polar surface area (TPSA) is 81.3 Å². The number of hydrogen-bond donors (Lipinski definition) is 4. The number of aryl methyl sites for hydroxylation is 1. The summed E-state index contributed by atoms with van der Waals surface area (Å²) in [4.78, 5) is 19.6. The van der Waals surface area contributed by atoms with Gasteiger partial charge in [0.05, 0.1) is 0 Å². The summed E-state index contributed by atoms with van der Waals surface area (Å²) in [5.74, 6) is 1.24. The van der Waals surface area contributed by atoms with Crippen molar-refractivity contribution in [2.75, 3.05) is 26.2 Å². The number of aromatic amines is 1. The Morgan fingerprint density at radius 1 is 1.23 bits per heavy atom. The van der Waals surface area contributed by atoms with Crippen molar-refractivity contribution < 1.29 is 4.79 Å². The highest BCUT2D eigenvalue weighted by Crippen LogP contribution is 2.28. The van der Waals surface area contributed by atoms with Gasteiger partial charge in [0.25, 0.3) is 0 Å². The van der Waals surface area contributed by atoms with E-state index < -0.39 is 0 Å². The van der Waals surface area contributed by atoms with Gasteiger partial charge in [-0.25, -0.2) is 0 Å². The number of benzene rings is 1. The molecule has 6 nitrogen and oxygen atoms in total. The molecule has 1 aliphatic rings. The van der Waals surface area contributed by atoms with Gasteiger partial charge in [-0.2, -0.15) is 0 Å². The maximum absolute atomic E-state index is 11.6. The number of hydrogen-bond acceptors (Lipinski definition) is 2. The minimum absolute atomic E-state index is 0.184. The van der Waals surface area contributed by atoms with Crippen molar-refractivity contribution in [3.63, 3.8) is 0 Å². The molecular weight excluding hydrogens is 326 g/mol. The number of amides is 1. The number of fused-ring (bicyclic) bond motifs is 1. The molecule has 0 spiro atoms. The number of guanidine groups is 1. The van der Waals surface area contributed by atoms with Crippen LogP contribution in [0.15, 0.2) is 29.4 Å². The van der Waals surface area contributed by atoms with E-state index in [4.69, 9.17) is 0 Å². The lowest BCUT2D eigenvalue weighted by atomic mass is 10.1. The summed E-state index contributed by atoms with van der Waals surface area (Å²) < 4.78 is 0. The molecule has 1 aromatic carbocycles. The summed E-state index contributed by atoms with van der Waals surface area (Å²) >= 11 is 0. The normalized spacial score (nSPS) is 14.5. The predicted octanol–water partition coefficient (Wildman–Crippen LogP) is 2.10. The smallest absolute Gasteiger partial charge is 0.223 e. The van der Waals surface area contributed by atoms with Gasteiger partial charge in [-0.3, -0.25) is 9.79 Å². The standard InChI is InChI=1S/C20H29N5O/c1-3-21-20(24-12-11-22-19(26)15-7-8-15)23-10-9-16-13-25-18-14(2)5-4-6-17(16)18/h4-6,13,15,25H,3,7-12H2,1-2H3,(H,22,26)(H2,21,23,24). The first-order chi connectivity index (χ1) is 12.7. The number of nitrogens with zero attached hydrogens (tertiary/aromatic N) is 1. The highest BCUT2D eigenvalue weighted by atomic mass is 16.2. The van der Waals surface area contributed by atoms with Crippen LogP contribution in [0.5, 0.6) is 0 Å². The Morgan fingerprint density at radius 2 is 2.04 bits per heavy atom. The molecule has 0 bridgehead atoms. The number of rotatable bonds is 8. The summed E-state index contributed by atoms with van der Waals surface area (Å²) in [6.45, 7) is 7.00. The third-order valence-electron chi connectivity index (χ3n) is 4.67. The maximum atomic E-state index is 11.6. The Labute approximate surface area is 154 Å². The monoisotopic (exact) mass is 355 g/mol. The SMILES string of the molecule is CCNC(=NCCc1c[nH]c2c(C)cccc12)NCCNC(=O)C1CC1. The van der Waals surface area contributed by atoms with E-state index in [0.717, 1.165) is 31.8 Å². The number of carbonyl (C=O) groups is 1. The molecule has 0 unspecified atom stereocenters. The molecule has 0 aliphatic heterocycles. The van der Waals surface area contributed by atoms with Crippen molar-refractivity contribution in [2.24, 2.45) is 10.9 Å². The Hall–Kier alpha value is -2.50. The third kappa shape index (κ3) is 4.77. The highest BCUT2D eigenvalue weighted by molar-refractivity contribution is 5.86. The quantitative estimate of drug-likeness (QED) is 0.333. The van der Waals surface area contributed by atoms with Crippen molar-refractivity contribution in [3.8, 4) is 0 Å². The van der Waals surface area contributed by atoms with Gasteiger partial charge in [-0.05, 0) is 44.2 Å². The van der Waals surface area contributed by atoms with Crippen LogP contribution in [0.1, 0.15) is 30.9 Å². The van der Waals surface area contributed by atoms with E-state index in [1.54, 1.807) is 0 Å². The van der Waals surface area contributed by atoms with Crippen molar-refractivity contribution in [1.29, 1.82) is 0 Å². The fourth-order valence-corrected chi connectivity index (χ4v) is 3.06. The molecule has 1 heterocycles. The molecule has 1 fully saturated rings. The lowest BCUT2D eigenvalue weighted by Crippen LogP contribution is -2.41. The van der Waals surface area contributed by atoms with Crippen LogP contribution in [0.25, 0.3) is 10.9 Å². The van der Waals surface area contributed by atoms with E-state index in [1.807, 2.05) is 0 Å². The number of H-pyrrole nitrogens is 1. The summed E-state index contributed by atoms with van der Waals surface area (Å²) in [5, 5.41) is 10.8. The fraction of sp³-hybridized carbons (Fsp3) is 0.500. The van der Waals surface area contributed by atoms with Crippen LogP contribution in [0, 0.1) is 12.8 Å². The minimum Gasteiger partial charge on any atom is -0.361 e. The van der Waals surface area contributed by atoms with Gasteiger partial charge < -0.3 is 20.9 Å². The molecule has 6 heteroatoms. The summed E-state index contributed by atoms with van der Waals surface area (Å²) in [6.07, 6.45) is 5.05. The van der Waals surface area contributed by atoms with Gasteiger partial charge in [-0.15, -0.1) is 0 Å². The van der Waals surface area contributed by atoms with Gasteiger partial charge in [0.15, 0.2) is 5.96 Å². The average molecular weight is 355 g/mol. The van der Waals surface area contributed by atoms with Crippen LogP contribution in [0.2, 0.25) is 0 Å². The molecule has 1 saturated carbocycles.